The Morgan fingerprint density at radius 3 is 2.68 bits per heavy atom. The number of ether oxygens (including phenoxy) is 1. The molecule has 0 saturated carbocycles. The fourth-order valence-electron chi connectivity index (χ4n) is 4.22. The van der Waals surface area contributed by atoms with Crippen molar-refractivity contribution in [2.45, 2.75) is 57.4 Å². The van der Waals surface area contributed by atoms with Gasteiger partial charge in [-0.15, -0.1) is 0 Å². The van der Waals surface area contributed by atoms with Crippen LogP contribution in [0.1, 0.15) is 49.8 Å². The average Bonchev–Trinajstić information content (AvgIpc) is 2.63. The van der Waals surface area contributed by atoms with E-state index in [2.05, 4.69) is 22.8 Å². The number of piperidine rings is 1. The maximum absolute atomic E-state index is 5.49. The van der Waals surface area contributed by atoms with E-state index in [4.69, 9.17) is 9.72 Å². The molecule has 25 heavy (non-hydrogen) atoms. The number of hydrogen-bond donors (Lipinski definition) is 2. The SMILES string of the molecule is COc1ccc2nc3c(c(NC4CCNCC4)c2c1)CCCCCC3. The fourth-order valence-corrected chi connectivity index (χ4v) is 4.22. The minimum Gasteiger partial charge on any atom is -0.497 e. The van der Waals surface area contributed by atoms with E-state index in [9.17, 15) is 0 Å². The van der Waals surface area contributed by atoms with Gasteiger partial charge in [-0.25, -0.2) is 0 Å². The number of aryl methyl sites for hydroxylation is 1. The van der Waals surface area contributed by atoms with E-state index in [0.29, 0.717) is 6.04 Å². The molecular weight excluding hydrogens is 310 g/mol. The van der Waals surface area contributed by atoms with Crippen molar-refractivity contribution in [1.82, 2.24) is 10.3 Å². The molecule has 4 nitrogen and oxygen atoms in total. The summed E-state index contributed by atoms with van der Waals surface area (Å²) in [6, 6.07) is 6.84. The summed E-state index contributed by atoms with van der Waals surface area (Å²) in [6.45, 7) is 2.21. The van der Waals surface area contributed by atoms with E-state index in [1.165, 1.54) is 60.9 Å². The monoisotopic (exact) mass is 339 g/mol. The van der Waals surface area contributed by atoms with Gasteiger partial charge in [-0.3, -0.25) is 4.98 Å². The van der Waals surface area contributed by atoms with Crippen LogP contribution in [0.3, 0.4) is 0 Å². The van der Waals surface area contributed by atoms with Crippen LogP contribution in [0.15, 0.2) is 18.2 Å². The first-order chi connectivity index (χ1) is 12.3. The molecule has 2 N–H and O–H groups in total. The lowest BCUT2D eigenvalue weighted by Gasteiger charge is -2.28. The van der Waals surface area contributed by atoms with Crippen molar-refractivity contribution in [3.05, 3.63) is 29.5 Å². The Morgan fingerprint density at radius 1 is 1.08 bits per heavy atom. The highest BCUT2D eigenvalue weighted by atomic mass is 16.5. The van der Waals surface area contributed by atoms with E-state index in [-0.39, 0.29) is 0 Å². The van der Waals surface area contributed by atoms with E-state index in [1.54, 1.807) is 7.11 Å². The summed E-state index contributed by atoms with van der Waals surface area (Å²) in [4.78, 5) is 5.04. The van der Waals surface area contributed by atoms with Crippen LogP contribution in [0, 0.1) is 0 Å². The molecule has 1 fully saturated rings. The highest BCUT2D eigenvalue weighted by Gasteiger charge is 2.20. The number of nitrogens with zero attached hydrogens (tertiary/aromatic N) is 1. The number of pyridine rings is 1. The zero-order chi connectivity index (χ0) is 17.1. The van der Waals surface area contributed by atoms with E-state index >= 15 is 0 Å². The van der Waals surface area contributed by atoms with Gasteiger partial charge < -0.3 is 15.4 Å². The lowest BCUT2D eigenvalue weighted by Crippen LogP contribution is -2.35. The van der Waals surface area contributed by atoms with Crippen LogP contribution in [0.2, 0.25) is 0 Å². The molecule has 4 rings (SSSR count). The standard InChI is InChI=1S/C21H29N3O/c1-25-16-8-9-20-18(14-16)21(23-15-10-12-22-13-11-15)17-6-4-2-3-5-7-19(17)24-20/h8-9,14-15,22H,2-7,10-13H2,1H3,(H,23,24). The Labute approximate surface area is 150 Å². The summed E-state index contributed by atoms with van der Waals surface area (Å²) in [7, 11) is 1.74. The third kappa shape index (κ3) is 3.59. The van der Waals surface area contributed by atoms with Gasteiger partial charge in [0.1, 0.15) is 5.75 Å². The molecule has 2 aliphatic rings. The predicted octanol–water partition coefficient (Wildman–Crippen LogP) is 4.07. The zero-order valence-corrected chi connectivity index (χ0v) is 15.2. The van der Waals surface area contributed by atoms with Crippen LogP contribution in [0.5, 0.6) is 5.75 Å². The Bertz CT molecular complexity index is 737. The largest absolute Gasteiger partial charge is 0.497 e. The third-order valence-corrected chi connectivity index (χ3v) is 5.66. The van der Waals surface area contributed by atoms with Gasteiger partial charge in [-0.05, 0) is 75.4 Å². The lowest BCUT2D eigenvalue weighted by atomic mass is 9.93. The number of nitrogens with one attached hydrogen (secondary N) is 2. The first-order valence-corrected chi connectivity index (χ1v) is 9.82. The van der Waals surface area contributed by atoms with Crippen LogP contribution in [-0.2, 0) is 12.8 Å². The van der Waals surface area contributed by atoms with E-state index in [1.807, 2.05) is 6.07 Å². The van der Waals surface area contributed by atoms with Gasteiger partial charge in [-0.1, -0.05) is 12.8 Å². The number of rotatable bonds is 3. The first kappa shape index (κ1) is 16.6. The number of fused-ring (bicyclic) bond motifs is 2. The lowest BCUT2D eigenvalue weighted by molar-refractivity contribution is 0.415. The molecule has 0 spiro atoms. The summed E-state index contributed by atoms with van der Waals surface area (Å²) in [5, 5.41) is 8.60. The topological polar surface area (TPSA) is 46.2 Å². The van der Waals surface area contributed by atoms with Crippen molar-refractivity contribution in [2.75, 3.05) is 25.5 Å². The van der Waals surface area contributed by atoms with Crippen molar-refractivity contribution in [2.24, 2.45) is 0 Å². The Hall–Kier alpha value is -1.81. The van der Waals surface area contributed by atoms with Gasteiger partial charge in [0.2, 0.25) is 0 Å². The summed E-state index contributed by atoms with van der Waals surface area (Å²) >= 11 is 0. The fraction of sp³-hybridized carbons (Fsp3) is 0.571. The molecule has 0 radical (unpaired) electrons. The molecule has 0 atom stereocenters. The highest BCUT2D eigenvalue weighted by molar-refractivity contribution is 5.94. The predicted molar refractivity (Wildman–Crippen MR) is 104 cm³/mol. The second-order valence-electron chi connectivity index (χ2n) is 7.38. The van der Waals surface area contributed by atoms with Crippen molar-refractivity contribution in [3.63, 3.8) is 0 Å². The molecule has 0 amide bonds. The number of methoxy groups -OCH3 is 1. The Morgan fingerprint density at radius 2 is 1.88 bits per heavy atom. The van der Waals surface area contributed by atoms with Gasteiger partial charge in [0.05, 0.1) is 12.6 Å². The molecule has 4 heteroatoms. The van der Waals surface area contributed by atoms with Crippen LogP contribution in [0.25, 0.3) is 10.9 Å². The second kappa shape index (κ2) is 7.61. The number of aromatic nitrogens is 1. The molecule has 0 bridgehead atoms. The molecule has 134 valence electrons. The molecule has 2 heterocycles. The molecule has 1 aliphatic heterocycles. The Balaban J connectivity index is 1.82. The van der Waals surface area contributed by atoms with E-state index < -0.39 is 0 Å². The number of hydrogen-bond acceptors (Lipinski definition) is 4. The molecule has 2 aromatic rings. The minimum absolute atomic E-state index is 0.549. The van der Waals surface area contributed by atoms with Crippen molar-refractivity contribution < 1.29 is 4.74 Å². The summed E-state index contributed by atoms with van der Waals surface area (Å²) in [5.41, 5.74) is 5.19. The van der Waals surface area contributed by atoms with Crippen molar-refractivity contribution in [1.29, 1.82) is 0 Å². The van der Waals surface area contributed by atoms with Crippen LogP contribution >= 0.6 is 0 Å². The van der Waals surface area contributed by atoms with Crippen LogP contribution < -0.4 is 15.4 Å². The van der Waals surface area contributed by atoms with Gasteiger partial charge in [0.25, 0.3) is 0 Å². The molecule has 1 aromatic carbocycles. The van der Waals surface area contributed by atoms with Gasteiger partial charge >= 0.3 is 0 Å². The normalized spacial score (nSPS) is 19.1. The maximum Gasteiger partial charge on any atom is 0.119 e. The van der Waals surface area contributed by atoms with Crippen LogP contribution in [-0.4, -0.2) is 31.2 Å². The number of benzene rings is 1. The number of anilines is 1. The summed E-state index contributed by atoms with van der Waals surface area (Å²) < 4.78 is 5.49. The average molecular weight is 339 g/mol. The minimum atomic E-state index is 0.549. The smallest absolute Gasteiger partial charge is 0.119 e. The molecule has 1 aromatic heterocycles. The quantitative estimate of drug-likeness (QED) is 0.885. The summed E-state index contributed by atoms with van der Waals surface area (Å²) in [5.74, 6) is 0.911. The second-order valence-corrected chi connectivity index (χ2v) is 7.38. The zero-order valence-electron chi connectivity index (χ0n) is 15.2. The van der Waals surface area contributed by atoms with Gasteiger partial charge in [0, 0.05) is 22.8 Å². The van der Waals surface area contributed by atoms with Crippen molar-refractivity contribution in [3.8, 4) is 5.75 Å². The van der Waals surface area contributed by atoms with Gasteiger partial charge in [-0.2, -0.15) is 0 Å². The summed E-state index contributed by atoms with van der Waals surface area (Å²) in [6.07, 6.45) is 9.81. The van der Waals surface area contributed by atoms with Crippen molar-refractivity contribution >= 4 is 16.6 Å². The van der Waals surface area contributed by atoms with Gasteiger partial charge in [0.15, 0.2) is 0 Å². The van der Waals surface area contributed by atoms with E-state index in [0.717, 1.165) is 37.2 Å². The highest BCUT2D eigenvalue weighted by Crippen LogP contribution is 2.35. The maximum atomic E-state index is 5.49. The third-order valence-electron chi connectivity index (χ3n) is 5.66. The van der Waals surface area contributed by atoms with Crippen LogP contribution in [0.4, 0.5) is 5.69 Å². The molecule has 0 unspecified atom stereocenters. The first-order valence-electron chi connectivity index (χ1n) is 9.82. The Kier molecular flexibility index (Phi) is 5.07. The molecule has 1 aliphatic carbocycles. The molecule has 1 saturated heterocycles. The molecular formula is C21H29N3O.